The molecular weight excluding hydrogens is 301 g/mol. The second kappa shape index (κ2) is 6.27. The Balaban J connectivity index is 2.66. The quantitative estimate of drug-likeness (QED) is 0.790. The lowest BCUT2D eigenvalue weighted by Crippen LogP contribution is -2.50. The largest absolute Gasteiger partial charge is 0.481 e. The van der Waals surface area contributed by atoms with Gasteiger partial charge in [0.15, 0.2) is 0 Å². The molecule has 0 aliphatic carbocycles. The highest BCUT2D eigenvalue weighted by atomic mass is 32.2. The van der Waals surface area contributed by atoms with Crippen molar-refractivity contribution in [3.8, 4) is 0 Å². The maximum absolute atomic E-state index is 12.2. The van der Waals surface area contributed by atoms with Gasteiger partial charge in [0, 0.05) is 19.1 Å². The first-order chi connectivity index (χ1) is 9.01. The second-order valence-electron chi connectivity index (χ2n) is 4.88. The summed E-state index contributed by atoms with van der Waals surface area (Å²) in [5.74, 6) is -1.92. The number of nitrogens with zero attached hydrogens (tertiary/aromatic N) is 1. The second-order valence-corrected chi connectivity index (χ2v) is 6.58. The zero-order valence-electron chi connectivity index (χ0n) is 10.9. The summed E-state index contributed by atoms with van der Waals surface area (Å²) in [4.78, 5) is 10.8. The number of halogens is 3. The maximum Gasteiger partial charge on any atom is 0.390 e. The molecule has 118 valence electrons. The van der Waals surface area contributed by atoms with E-state index in [-0.39, 0.29) is 13.1 Å². The Kier molecular flexibility index (Phi) is 5.39. The maximum atomic E-state index is 12.2. The molecule has 20 heavy (non-hydrogen) atoms. The number of rotatable bonds is 5. The number of aliphatic carboxylic acids is 1. The number of hydrogen-bond acceptors (Lipinski definition) is 3. The molecule has 0 saturated carbocycles. The van der Waals surface area contributed by atoms with E-state index in [0.29, 0.717) is 12.8 Å². The molecule has 10 heteroatoms. The first-order valence-corrected chi connectivity index (χ1v) is 7.52. The van der Waals surface area contributed by atoms with E-state index in [1.54, 1.807) is 0 Å². The monoisotopic (exact) mass is 318 g/mol. The Bertz CT molecular complexity index is 452. The zero-order valence-corrected chi connectivity index (χ0v) is 11.7. The van der Waals surface area contributed by atoms with E-state index >= 15 is 0 Å². The Labute approximate surface area is 115 Å². The van der Waals surface area contributed by atoms with E-state index in [9.17, 15) is 26.4 Å². The lowest BCUT2D eigenvalue weighted by molar-refractivity contribution is -0.142. The minimum absolute atomic E-state index is 0.109. The third-order valence-electron chi connectivity index (χ3n) is 2.96. The smallest absolute Gasteiger partial charge is 0.390 e. The van der Waals surface area contributed by atoms with Crippen molar-refractivity contribution < 1.29 is 31.5 Å². The zero-order chi connectivity index (χ0) is 15.6. The molecule has 0 aromatic heterocycles. The number of carbonyl (C=O) groups is 1. The lowest BCUT2D eigenvalue weighted by atomic mass is 10.0. The molecule has 1 fully saturated rings. The minimum Gasteiger partial charge on any atom is -0.481 e. The number of hydrogen-bond donors (Lipinski definition) is 2. The average Bonchev–Trinajstić information content (AvgIpc) is 2.25. The molecule has 0 aromatic rings. The van der Waals surface area contributed by atoms with Crippen molar-refractivity contribution in [2.45, 2.75) is 38.4 Å². The van der Waals surface area contributed by atoms with Gasteiger partial charge >= 0.3 is 12.1 Å². The van der Waals surface area contributed by atoms with E-state index in [0.717, 1.165) is 11.2 Å². The summed E-state index contributed by atoms with van der Waals surface area (Å²) in [7, 11) is -4.10. The highest BCUT2D eigenvalue weighted by Gasteiger charge is 2.35. The standard InChI is InChI=1S/C10H17F3N2O4S/c1-7(5-10(11,12)13)14-20(18,19)15-4-2-3-8(6-15)9(16)17/h7-8,14H,2-6H2,1H3,(H,16,17). The molecule has 6 nitrogen and oxygen atoms in total. The van der Waals surface area contributed by atoms with Gasteiger partial charge in [-0.05, 0) is 19.8 Å². The number of piperidine rings is 1. The van der Waals surface area contributed by atoms with Gasteiger partial charge in [-0.2, -0.15) is 30.6 Å². The summed E-state index contributed by atoms with van der Waals surface area (Å²) < 4.78 is 63.1. The molecule has 1 rings (SSSR count). The highest BCUT2D eigenvalue weighted by molar-refractivity contribution is 7.87. The predicted octanol–water partition coefficient (Wildman–Crippen LogP) is 0.958. The fourth-order valence-corrected chi connectivity index (χ4v) is 3.57. The molecule has 1 aliphatic rings. The van der Waals surface area contributed by atoms with Crippen LogP contribution < -0.4 is 4.72 Å². The fraction of sp³-hybridized carbons (Fsp3) is 0.900. The molecular formula is C10H17F3N2O4S. The van der Waals surface area contributed by atoms with Crippen molar-refractivity contribution in [2.24, 2.45) is 5.92 Å². The van der Waals surface area contributed by atoms with Gasteiger partial charge in [-0.1, -0.05) is 0 Å². The van der Waals surface area contributed by atoms with Crippen molar-refractivity contribution in [1.82, 2.24) is 9.03 Å². The van der Waals surface area contributed by atoms with Gasteiger partial charge < -0.3 is 5.11 Å². The molecule has 0 bridgehead atoms. The first-order valence-electron chi connectivity index (χ1n) is 6.08. The van der Waals surface area contributed by atoms with Crippen LogP contribution in [-0.4, -0.2) is 49.1 Å². The summed E-state index contributed by atoms with van der Waals surface area (Å²) in [6, 6.07) is -1.30. The highest BCUT2D eigenvalue weighted by Crippen LogP contribution is 2.23. The Morgan fingerprint density at radius 1 is 1.50 bits per heavy atom. The Morgan fingerprint density at radius 2 is 2.10 bits per heavy atom. The van der Waals surface area contributed by atoms with E-state index in [4.69, 9.17) is 5.11 Å². The van der Waals surface area contributed by atoms with Crippen LogP contribution >= 0.6 is 0 Å². The summed E-state index contributed by atoms with van der Waals surface area (Å²) in [6.45, 7) is 1.00. The van der Waals surface area contributed by atoms with E-state index in [1.165, 1.54) is 0 Å². The number of alkyl halides is 3. The van der Waals surface area contributed by atoms with Crippen molar-refractivity contribution in [3.05, 3.63) is 0 Å². The molecule has 0 amide bonds. The van der Waals surface area contributed by atoms with Crippen LogP contribution in [0, 0.1) is 5.92 Å². The topological polar surface area (TPSA) is 86.7 Å². The molecule has 1 saturated heterocycles. The van der Waals surface area contributed by atoms with E-state index < -0.39 is 40.7 Å². The van der Waals surface area contributed by atoms with Crippen molar-refractivity contribution in [3.63, 3.8) is 0 Å². The van der Waals surface area contributed by atoms with Gasteiger partial charge in [0.25, 0.3) is 10.2 Å². The van der Waals surface area contributed by atoms with Gasteiger partial charge in [-0.3, -0.25) is 4.79 Å². The van der Waals surface area contributed by atoms with E-state index in [2.05, 4.69) is 0 Å². The van der Waals surface area contributed by atoms with E-state index in [1.807, 2.05) is 4.72 Å². The average molecular weight is 318 g/mol. The normalized spacial score (nSPS) is 23.5. The van der Waals surface area contributed by atoms with Crippen molar-refractivity contribution in [2.75, 3.05) is 13.1 Å². The van der Waals surface area contributed by atoms with Crippen LogP contribution in [0.3, 0.4) is 0 Å². The van der Waals surface area contributed by atoms with Crippen LogP contribution in [0.1, 0.15) is 26.2 Å². The molecule has 1 heterocycles. The van der Waals surface area contributed by atoms with Crippen LogP contribution in [0.15, 0.2) is 0 Å². The first kappa shape index (κ1) is 17.2. The lowest BCUT2D eigenvalue weighted by Gasteiger charge is -2.31. The van der Waals surface area contributed by atoms with Crippen LogP contribution in [-0.2, 0) is 15.0 Å². The predicted molar refractivity (Wildman–Crippen MR) is 64.1 cm³/mol. The molecule has 0 spiro atoms. The summed E-state index contributed by atoms with van der Waals surface area (Å²) >= 11 is 0. The number of carboxylic acid groups (broad SMARTS) is 1. The molecule has 2 atom stereocenters. The third-order valence-corrected chi connectivity index (χ3v) is 4.67. The molecule has 2 unspecified atom stereocenters. The number of nitrogens with one attached hydrogen (secondary N) is 1. The molecule has 2 N–H and O–H groups in total. The summed E-state index contributed by atoms with van der Waals surface area (Å²) in [5, 5.41) is 8.87. The number of carboxylic acids is 1. The fourth-order valence-electron chi connectivity index (χ4n) is 2.08. The van der Waals surface area contributed by atoms with Crippen molar-refractivity contribution >= 4 is 16.2 Å². The summed E-state index contributed by atoms with van der Waals surface area (Å²) in [6.07, 6.45) is -5.01. The molecule has 0 radical (unpaired) electrons. The van der Waals surface area contributed by atoms with Gasteiger partial charge in [0.1, 0.15) is 0 Å². The van der Waals surface area contributed by atoms with Gasteiger partial charge in [0.2, 0.25) is 0 Å². The van der Waals surface area contributed by atoms with Crippen LogP contribution in [0.2, 0.25) is 0 Å². The Morgan fingerprint density at radius 3 is 2.60 bits per heavy atom. The van der Waals surface area contributed by atoms with Gasteiger partial charge in [-0.25, -0.2) is 0 Å². The van der Waals surface area contributed by atoms with Crippen molar-refractivity contribution in [1.29, 1.82) is 0 Å². The SMILES string of the molecule is CC(CC(F)(F)F)NS(=O)(=O)N1CCCC(C(=O)O)C1. The van der Waals surface area contributed by atoms with Gasteiger partial charge in [0.05, 0.1) is 12.3 Å². The molecule has 0 aromatic carbocycles. The molecule has 1 aliphatic heterocycles. The minimum atomic E-state index is -4.46. The summed E-state index contributed by atoms with van der Waals surface area (Å²) in [5.41, 5.74) is 0. The Hall–Kier alpha value is -0.870. The van der Waals surface area contributed by atoms with Crippen LogP contribution in [0.5, 0.6) is 0 Å². The van der Waals surface area contributed by atoms with Gasteiger partial charge in [-0.15, -0.1) is 0 Å². The van der Waals surface area contributed by atoms with Crippen LogP contribution in [0.4, 0.5) is 13.2 Å². The van der Waals surface area contributed by atoms with Crippen LogP contribution in [0.25, 0.3) is 0 Å². The third kappa shape index (κ3) is 5.25.